The fraction of sp³-hybridized carbons (Fsp3) is 0.250. The van der Waals surface area contributed by atoms with Gasteiger partial charge in [-0.1, -0.05) is 48.0 Å². The van der Waals surface area contributed by atoms with Crippen LogP contribution < -0.4 is 0 Å². The molecule has 0 saturated heterocycles. The van der Waals surface area contributed by atoms with Crippen LogP contribution in [0.1, 0.15) is 27.8 Å². The summed E-state index contributed by atoms with van der Waals surface area (Å²) in [4.78, 5) is 0. The van der Waals surface area contributed by atoms with Crippen molar-refractivity contribution in [3.05, 3.63) is 70.3 Å². The molecule has 0 saturated carbocycles. The molecule has 88 valence electrons. The van der Waals surface area contributed by atoms with E-state index in [-0.39, 0.29) is 0 Å². The zero-order chi connectivity index (χ0) is 12.3. The van der Waals surface area contributed by atoms with E-state index in [1.165, 1.54) is 27.8 Å². The average Bonchev–Trinajstić information content (AvgIpc) is 2.35. The fourth-order valence-corrected chi connectivity index (χ4v) is 2.13. The van der Waals surface area contributed by atoms with Gasteiger partial charge in [-0.2, -0.15) is 0 Å². The molecule has 0 bridgehead atoms. The summed E-state index contributed by atoms with van der Waals surface area (Å²) in [7, 11) is 0. The smallest absolute Gasteiger partial charge is 0.0474 e. The van der Waals surface area contributed by atoms with Gasteiger partial charge in [0.05, 0.1) is 0 Å². The van der Waals surface area contributed by atoms with Crippen LogP contribution in [-0.2, 0) is 12.3 Å². The Morgan fingerprint density at radius 2 is 1.53 bits per heavy atom. The molecule has 0 heterocycles. The molecule has 0 aliphatic rings. The van der Waals surface area contributed by atoms with Crippen molar-refractivity contribution in [2.75, 3.05) is 0 Å². The SMILES string of the molecule is Cc1ccc(C)c(Cc2ccc(CCl)cc2)c1. The summed E-state index contributed by atoms with van der Waals surface area (Å²) in [5.41, 5.74) is 6.60. The minimum absolute atomic E-state index is 0.587. The summed E-state index contributed by atoms with van der Waals surface area (Å²) in [6, 6.07) is 15.2. The van der Waals surface area contributed by atoms with Crippen molar-refractivity contribution in [2.24, 2.45) is 0 Å². The van der Waals surface area contributed by atoms with Crippen LogP contribution in [0.25, 0.3) is 0 Å². The molecule has 0 nitrogen and oxygen atoms in total. The third-order valence-electron chi connectivity index (χ3n) is 3.08. The molecule has 17 heavy (non-hydrogen) atoms. The molecule has 0 radical (unpaired) electrons. The Kier molecular flexibility index (Phi) is 3.86. The molecular formula is C16H17Cl. The first kappa shape index (κ1) is 12.2. The summed E-state index contributed by atoms with van der Waals surface area (Å²) < 4.78 is 0. The van der Waals surface area contributed by atoms with Crippen LogP contribution in [-0.4, -0.2) is 0 Å². The van der Waals surface area contributed by atoms with E-state index in [1.54, 1.807) is 0 Å². The Morgan fingerprint density at radius 1 is 0.882 bits per heavy atom. The van der Waals surface area contributed by atoms with E-state index in [4.69, 9.17) is 11.6 Å². The lowest BCUT2D eigenvalue weighted by atomic mass is 9.98. The molecule has 0 atom stereocenters. The number of benzene rings is 2. The van der Waals surface area contributed by atoms with Crippen molar-refractivity contribution in [1.29, 1.82) is 0 Å². The van der Waals surface area contributed by atoms with Crippen LogP contribution >= 0.6 is 11.6 Å². The third-order valence-corrected chi connectivity index (χ3v) is 3.39. The van der Waals surface area contributed by atoms with Crippen molar-refractivity contribution in [3.8, 4) is 0 Å². The number of halogens is 1. The number of alkyl halides is 1. The normalized spacial score (nSPS) is 10.5. The zero-order valence-electron chi connectivity index (χ0n) is 10.3. The second-order valence-electron chi connectivity index (χ2n) is 4.56. The van der Waals surface area contributed by atoms with E-state index in [1.807, 2.05) is 0 Å². The second kappa shape index (κ2) is 5.37. The van der Waals surface area contributed by atoms with Crippen molar-refractivity contribution >= 4 is 11.6 Å². The summed E-state index contributed by atoms with van der Waals surface area (Å²) in [5, 5.41) is 0. The van der Waals surface area contributed by atoms with Crippen LogP contribution in [0.4, 0.5) is 0 Å². The van der Waals surface area contributed by atoms with E-state index < -0.39 is 0 Å². The lowest BCUT2D eigenvalue weighted by Gasteiger charge is -2.07. The van der Waals surface area contributed by atoms with Gasteiger partial charge in [0.2, 0.25) is 0 Å². The maximum atomic E-state index is 5.79. The van der Waals surface area contributed by atoms with E-state index in [0.717, 1.165) is 6.42 Å². The molecule has 0 aliphatic carbocycles. The van der Waals surface area contributed by atoms with Gasteiger partial charge in [-0.3, -0.25) is 0 Å². The maximum absolute atomic E-state index is 5.79. The molecule has 2 rings (SSSR count). The molecule has 0 unspecified atom stereocenters. The first-order valence-corrected chi connectivity index (χ1v) is 6.42. The van der Waals surface area contributed by atoms with Gasteiger partial charge in [-0.15, -0.1) is 11.6 Å². The topological polar surface area (TPSA) is 0 Å². The second-order valence-corrected chi connectivity index (χ2v) is 4.82. The Labute approximate surface area is 108 Å². The lowest BCUT2D eigenvalue weighted by molar-refractivity contribution is 1.14. The minimum Gasteiger partial charge on any atom is -0.122 e. The van der Waals surface area contributed by atoms with Gasteiger partial charge in [0, 0.05) is 5.88 Å². The van der Waals surface area contributed by atoms with Gasteiger partial charge in [-0.25, -0.2) is 0 Å². The predicted octanol–water partition coefficient (Wildman–Crippen LogP) is 4.63. The third kappa shape index (κ3) is 3.10. The monoisotopic (exact) mass is 244 g/mol. The van der Waals surface area contributed by atoms with Crippen molar-refractivity contribution in [2.45, 2.75) is 26.1 Å². The lowest BCUT2D eigenvalue weighted by Crippen LogP contribution is -1.93. The molecule has 0 N–H and O–H groups in total. The predicted molar refractivity (Wildman–Crippen MR) is 74.7 cm³/mol. The minimum atomic E-state index is 0.587. The van der Waals surface area contributed by atoms with E-state index in [2.05, 4.69) is 56.3 Å². The standard InChI is InChI=1S/C16H17Cl/c1-12-3-4-13(2)16(9-12)10-14-5-7-15(11-17)8-6-14/h3-9H,10-11H2,1-2H3. The first-order chi connectivity index (χ1) is 8.19. The number of rotatable bonds is 3. The summed E-state index contributed by atoms with van der Waals surface area (Å²) in [5.74, 6) is 0.587. The zero-order valence-corrected chi connectivity index (χ0v) is 11.1. The summed E-state index contributed by atoms with van der Waals surface area (Å²) in [6.45, 7) is 4.31. The quantitative estimate of drug-likeness (QED) is 0.691. The van der Waals surface area contributed by atoms with Gasteiger partial charge in [0.25, 0.3) is 0 Å². The summed E-state index contributed by atoms with van der Waals surface area (Å²) in [6.07, 6.45) is 0.996. The van der Waals surface area contributed by atoms with Crippen molar-refractivity contribution in [3.63, 3.8) is 0 Å². The Morgan fingerprint density at radius 3 is 2.18 bits per heavy atom. The van der Waals surface area contributed by atoms with Crippen molar-refractivity contribution in [1.82, 2.24) is 0 Å². The largest absolute Gasteiger partial charge is 0.122 e. The molecule has 0 aromatic heterocycles. The average molecular weight is 245 g/mol. The van der Waals surface area contributed by atoms with Crippen LogP contribution in [0, 0.1) is 13.8 Å². The van der Waals surface area contributed by atoms with E-state index >= 15 is 0 Å². The highest BCUT2D eigenvalue weighted by atomic mass is 35.5. The molecule has 0 fully saturated rings. The molecule has 0 spiro atoms. The first-order valence-electron chi connectivity index (χ1n) is 5.89. The molecule has 2 aromatic rings. The highest BCUT2D eigenvalue weighted by Crippen LogP contribution is 2.16. The number of hydrogen-bond acceptors (Lipinski definition) is 0. The van der Waals surface area contributed by atoms with Crippen molar-refractivity contribution < 1.29 is 0 Å². The van der Waals surface area contributed by atoms with E-state index in [9.17, 15) is 0 Å². The van der Waals surface area contributed by atoms with Crippen LogP contribution in [0.5, 0.6) is 0 Å². The highest BCUT2D eigenvalue weighted by Gasteiger charge is 2.01. The van der Waals surface area contributed by atoms with Gasteiger partial charge in [-0.05, 0) is 42.5 Å². The number of hydrogen-bond donors (Lipinski definition) is 0. The van der Waals surface area contributed by atoms with Crippen LogP contribution in [0.2, 0.25) is 0 Å². The molecule has 0 amide bonds. The highest BCUT2D eigenvalue weighted by molar-refractivity contribution is 6.17. The van der Waals surface area contributed by atoms with Crippen LogP contribution in [0.3, 0.4) is 0 Å². The van der Waals surface area contributed by atoms with Gasteiger partial charge in [0.15, 0.2) is 0 Å². The van der Waals surface area contributed by atoms with Gasteiger partial charge in [0.1, 0.15) is 0 Å². The fourth-order valence-electron chi connectivity index (χ4n) is 1.96. The molecule has 0 aliphatic heterocycles. The Balaban J connectivity index is 2.22. The molecule has 2 aromatic carbocycles. The van der Waals surface area contributed by atoms with Crippen LogP contribution in [0.15, 0.2) is 42.5 Å². The molecular weight excluding hydrogens is 228 g/mol. The molecule has 1 heteroatoms. The van der Waals surface area contributed by atoms with Gasteiger partial charge < -0.3 is 0 Å². The van der Waals surface area contributed by atoms with Gasteiger partial charge >= 0.3 is 0 Å². The summed E-state index contributed by atoms with van der Waals surface area (Å²) >= 11 is 5.79. The number of aryl methyl sites for hydroxylation is 2. The Bertz CT molecular complexity index is 497. The Hall–Kier alpha value is -1.27. The maximum Gasteiger partial charge on any atom is 0.0474 e. The van der Waals surface area contributed by atoms with E-state index in [0.29, 0.717) is 5.88 Å².